The standard InChI is InChI=1S/C16H23N5O4/c1-2-25-16(23)21-5-3-20(4-6-21)15(22)13-11-14(18-12-17-13)19-7-9-24-10-8-19/h11-12H,2-10H2,1H3. The largest absolute Gasteiger partial charge is 0.450 e. The van der Waals surface area contributed by atoms with Gasteiger partial charge in [0.15, 0.2) is 0 Å². The summed E-state index contributed by atoms with van der Waals surface area (Å²) in [4.78, 5) is 38.2. The van der Waals surface area contributed by atoms with Crippen molar-refractivity contribution in [2.24, 2.45) is 0 Å². The van der Waals surface area contributed by atoms with Gasteiger partial charge < -0.3 is 24.2 Å². The molecule has 1 aromatic heterocycles. The van der Waals surface area contributed by atoms with Crippen molar-refractivity contribution in [2.75, 3.05) is 64.0 Å². The van der Waals surface area contributed by atoms with Crippen molar-refractivity contribution in [1.29, 1.82) is 0 Å². The first kappa shape index (κ1) is 17.4. The molecule has 3 rings (SSSR count). The van der Waals surface area contributed by atoms with E-state index in [0.29, 0.717) is 51.7 Å². The summed E-state index contributed by atoms with van der Waals surface area (Å²) in [6.45, 7) is 6.81. The second-order valence-corrected chi connectivity index (χ2v) is 5.84. The molecular formula is C16H23N5O4. The van der Waals surface area contributed by atoms with E-state index in [-0.39, 0.29) is 12.0 Å². The fraction of sp³-hybridized carbons (Fsp3) is 0.625. The Balaban J connectivity index is 1.61. The van der Waals surface area contributed by atoms with Crippen molar-refractivity contribution >= 4 is 17.8 Å². The average Bonchev–Trinajstić information content (AvgIpc) is 2.68. The van der Waals surface area contributed by atoms with Gasteiger partial charge in [-0.15, -0.1) is 0 Å². The van der Waals surface area contributed by atoms with Gasteiger partial charge in [-0.1, -0.05) is 0 Å². The number of hydrogen-bond donors (Lipinski definition) is 0. The predicted octanol–water partition coefficient (Wildman–Crippen LogP) is 0.228. The lowest BCUT2D eigenvalue weighted by Crippen LogP contribution is -2.50. The van der Waals surface area contributed by atoms with E-state index < -0.39 is 0 Å². The van der Waals surface area contributed by atoms with Crippen LogP contribution in [0.5, 0.6) is 0 Å². The minimum Gasteiger partial charge on any atom is -0.450 e. The van der Waals surface area contributed by atoms with Gasteiger partial charge in [0.1, 0.15) is 17.8 Å². The zero-order valence-corrected chi connectivity index (χ0v) is 14.4. The highest BCUT2D eigenvalue weighted by atomic mass is 16.6. The van der Waals surface area contributed by atoms with Crippen LogP contribution < -0.4 is 4.90 Å². The lowest BCUT2D eigenvalue weighted by atomic mass is 10.2. The molecule has 2 saturated heterocycles. The molecule has 0 spiro atoms. The normalized spacial score (nSPS) is 18.2. The summed E-state index contributed by atoms with van der Waals surface area (Å²) in [5.41, 5.74) is 0.376. The van der Waals surface area contributed by atoms with Crippen LogP contribution in [0.3, 0.4) is 0 Å². The summed E-state index contributed by atoms with van der Waals surface area (Å²) in [7, 11) is 0. The van der Waals surface area contributed by atoms with Gasteiger partial charge in [-0.05, 0) is 6.92 Å². The molecule has 0 unspecified atom stereocenters. The van der Waals surface area contributed by atoms with Gasteiger partial charge in [-0.3, -0.25) is 4.79 Å². The van der Waals surface area contributed by atoms with Crippen molar-refractivity contribution in [2.45, 2.75) is 6.92 Å². The smallest absolute Gasteiger partial charge is 0.409 e. The van der Waals surface area contributed by atoms with Crippen molar-refractivity contribution in [3.8, 4) is 0 Å². The first-order valence-corrected chi connectivity index (χ1v) is 8.54. The summed E-state index contributed by atoms with van der Waals surface area (Å²) in [5.74, 6) is 0.604. The molecule has 2 amide bonds. The van der Waals surface area contributed by atoms with Gasteiger partial charge in [0.05, 0.1) is 19.8 Å². The quantitative estimate of drug-likeness (QED) is 0.772. The molecule has 2 fully saturated rings. The molecule has 3 heterocycles. The minimum atomic E-state index is -0.328. The zero-order valence-electron chi connectivity index (χ0n) is 14.4. The molecule has 0 radical (unpaired) electrons. The molecule has 1 aromatic rings. The van der Waals surface area contributed by atoms with E-state index in [1.807, 2.05) is 0 Å². The molecular weight excluding hydrogens is 326 g/mol. The van der Waals surface area contributed by atoms with Crippen LogP contribution in [0, 0.1) is 0 Å². The molecule has 25 heavy (non-hydrogen) atoms. The lowest BCUT2D eigenvalue weighted by molar-refractivity contribution is 0.0566. The second kappa shape index (κ2) is 8.11. The number of aromatic nitrogens is 2. The van der Waals surface area contributed by atoms with E-state index in [1.165, 1.54) is 6.33 Å². The summed E-state index contributed by atoms with van der Waals surface area (Å²) < 4.78 is 10.3. The topological polar surface area (TPSA) is 88.1 Å². The Labute approximate surface area is 146 Å². The number of carbonyl (C=O) groups is 2. The monoisotopic (exact) mass is 349 g/mol. The molecule has 0 bridgehead atoms. The van der Waals surface area contributed by atoms with Crippen molar-refractivity contribution in [3.63, 3.8) is 0 Å². The van der Waals surface area contributed by atoms with Crippen LogP contribution in [0.2, 0.25) is 0 Å². The number of piperazine rings is 1. The first-order chi connectivity index (χ1) is 12.2. The highest BCUT2D eigenvalue weighted by Gasteiger charge is 2.26. The van der Waals surface area contributed by atoms with Crippen LogP contribution in [0.25, 0.3) is 0 Å². The Morgan fingerprint density at radius 2 is 1.76 bits per heavy atom. The Hall–Kier alpha value is -2.42. The number of anilines is 1. The van der Waals surface area contributed by atoms with Crippen molar-refractivity contribution in [3.05, 3.63) is 18.1 Å². The Kier molecular flexibility index (Phi) is 5.64. The number of rotatable bonds is 3. The fourth-order valence-corrected chi connectivity index (χ4v) is 2.90. The van der Waals surface area contributed by atoms with Crippen LogP contribution in [0.4, 0.5) is 10.6 Å². The van der Waals surface area contributed by atoms with Crippen LogP contribution in [0.15, 0.2) is 12.4 Å². The van der Waals surface area contributed by atoms with E-state index in [9.17, 15) is 9.59 Å². The van der Waals surface area contributed by atoms with Gasteiger partial charge in [-0.2, -0.15) is 0 Å². The maximum Gasteiger partial charge on any atom is 0.409 e. The number of morpholine rings is 1. The number of amides is 2. The Morgan fingerprint density at radius 1 is 1.08 bits per heavy atom. The first-order valence-electron chi connectivity index (χ1n) is 8.54. The van der Waals surface area contributed by atoms with E-state index in [1.54, 1.807) is 22.8 Å². The Bertz CT molecular complexity index is 612. The SMILES string of the molecule is CCOC(=O)N1CCN(C(=O)c2cc(N3CCOCC3)ncn2)CC1. The van der Waals surface area contributed by atoms with Crippen LogP contribution in [-0.4, -0.2) is 90.9 Å². The van der Waals surface area contributed by atoms with Crippen molar-refractivity contribution in [1.82, 2.24) is 19.8 Å². The lowest BCUT2D eigenvalue weighted by Gasteiger charge is -2.34. The molecule has 9 heteroatoms. The number of hydrogen-bond acceptors (Lipinski definition) is 7. The molecule has 2 aliphatic rings. The predicted molar refractivity (Wildman–Crippen MR) is 89.6 cm³/mol. The van der Waals surface area contributed by atoms with Gasteiger partial charge in [0.25, 0.3) is 5.91 Å². The number of nitrogens with zero attached hydrogens (tertiary/aromatic N) is 5. The molecule has 2 aliphatic heterocycles. The highest BCUT2D eigenvalue weighted by Crippen LogP contribution is 2.15. The van der Waals surface area contributed by atoms with Gasteiger partial charge in [-0.25, -0.2) is 14.8 Å². The van der Waals surface area contributed by atoms with Crippen LogP contribution in [-0.2, 0) is 9.47 Å². The molecule has 0 atom stereocenters. The minimum absolute atomic E-state index is 0.139. The van der Waals surface area contributed by atoms with E-state index in [2.05, 4.69) is 14.9 Å². The number of ether oxygens (including phenoxy) is 2. The van der Waals surface area contributed by atoms with Gasteiger partial charge in [0.2, 0.25) is 0 Å². The molecule has 0 N–H and O–H groups in total. The van der Waals surface area contributed by atoms with Crippen LogP contribution >= 0.6 is 0 Å². The third-order valence-corrected chi connectivity index (χ3v) is 4.30. The second-order valence-electron chi connectivity index (χ2n) is 5.84. The third-order valence-electron chi connectivity index (χ3n) is 4.30. The van der Waals surface area contributed by atoms with E-state index in [0.717, 1.165) is 18.9 Å². The molecule has 0 aromatic carbocycles. The third kappa shape index (κ3) is 4.16. The Morgan fingerprint density at radius 3 is 2.44 bits per heavy atom. The van der Waals surface area contributed by atoms with Gasteiger partial charge >= 0.3 is 6.09 Å². The molecule has 136 valence electrons. The molecule has 0 aliphatic carbocycles. The highest BCUT2D eigenvalue weighted by molar-refractivity contribution is 5.93. The molecule has 9 nitrogen and oxygen atoms in total. The average molecular weight is 349 g/mol. The summed E-state index contributed by atoms with van der Waals surface area (Å²) in [5, 5.41) is 0. The molecule has 0 saturated carbocycles. The zero-order chi connectivity index (χ0) is 17.6. The number of carbonyl (C=O) groups excluding carboxylic acids is 2. The fourth-order valence-electron chi connectivity index (χ4n) is 2.90. The van der Waals surface area contributed by atoms with E-state index in [4.69, 9.17) is 9.47 Å². The van der Waals surface area contributed by atoms with E-state index >= 15 is 0 Å². The van der Waals surface area contributed by atoms with Crippen LogP contribution in [0.1, 0.15) is 17.4 Å². The van der Waals surface area contributed by atoms with Gasteiger partial charge in [0, 0.05) is 45.3 Å². The summed E-state index contributed by atoms with van der Waals surface area (Å²) >= 11 is 0. The summed E-state index contributed by atoms with van der Waals surface area (Å²) in [6, 6.07) is 1.73. The summed E-state index contributed by atoms with van der Waals surface area (Å²) in [6.07, 6.45) is 1.10. The van der Waals surface area contributed by atoms with Crippen molar-refractivity contribution < 1.29 is 19.1 Å². The maximum absolute atomic E-state index is 12.7. The maximum atomic E-state index is 12.7.